The molecule has 2 aromatic rings. The van der Waals surface area contributed by atoms with E-state index in [0.717, 1.165) is 13.1 Å². The lowest BCUT2D eigenvalue weighted by Crippen LogP contribution is -2.30. The molecule has 0 fully saturated rings. The van der Waals surface area contributed by atoms with E-state index in [9.17, 15) is 9.90 Å². The molecule has 0 saturated carbocycles. The third-order valence-corrected chi connectivity index (χ3v) is 4.14. The Morgan fingerprint density at radius 1 is 1.32 bits per heavy atom. The van der Waals surface area contributed by atoms with E-state index in [1.807, 2.05) is 13.8 Å². The van der Waals surface area contributed by atoms with Gasteiger partial charge in [-0.15, -0.1) is 5.10 Å². The van der Waals surface area contributed by atoms with Crippen molar-refractivity contribution in [3.05, 3.63) is 24.3 Å². The number of rotatable bonds is 7. The molecule has 0 unspecified atom stereocenters. The summed E-state index contributed by atoms with van der Waals surface area (Å²) in [6.07, 6.45) is 0.431. The molecule has 0 saturated heterocycles. The summed E-state index contributed by atoms with van der Waals surface area (Å²) in [7, 11) is 0. The fraction of sp³-hybridized carbons (Fsp3) is 0.429. The van der Waals surface area contributed by atoms with Gasteiger partial charge in [-0.2, -0.15) is 4.68 Å². The zero-order valence-electron chi connectivity index (χ0n) is 12.6. The first-order valence-corrected chi connectivity index (χ1v) is 8.13. The van der Waals surface area contributed by atoms with Gasteiger partial charge in [-0.25, -0.2) is 0 Å². The molecule has 2 rings (SSSR count). The van der Waals surface area contributed by atoms with Gasteiger partial charge in [-0.1, -0.05) is 23.9 Å². The van der Waals surface area contributed by atoms with Crippen LogP contribution in [0.1, 0.15) is 20.3 Å². The first-order valence-electron chi connectivity index (χ1n) is 7.14. The van der Waals surface area contributed by atoms with E-state index in [2.05, 4.69) is 15.5 Å². The number of nitrogens with zero attached hydrogens (tertiary/aromatic N) is 5. The fourth-order valence-electron chi connectivity index (χ4n) is 2.03. The average molecular weight is 321 g/mol. The van der Waals surface area contributed by atoms with Crippen molar-refractivity contribution in [2.24, 2.45) is 0 Å². The van der Waals surface area contributed by atoms with Crippen molar-refractivity contribution in [3.8, 4) is 11.4 Å². The van der Waals surface area contributed by atoms with E-state index < -0.39 is 0 Å². The van der Waals surface area contributed by atoms with Crippen LogP contribution in [0.5, 0.6) is 5.75 Å². The third kappa shape index (κ3) is 3.76. The number of tetrazole rings is 1. The van der Waals surface area contributed by atoms with Crippen molar-refractivity contribution in [1.29, 1.82) is 0 Å². The van der Waals surface area contributed by atoms with Gasteiger partial charge in [0.1, 0.15) is 11.4 Å². The number of aromatic hydroxyl groups is 1. The minimum absolute atomic E-state index is 0.107. The van der Waals surface area contributed by atoms with Gasteiger partial charge in [0.05, 0.1) is 0 Å². The van der Waals surface area contributed by atoms with Crippen LogP contribution in [0.3, 0.4) is 0 Å². The van der Waals surface area contributed by atoms with E-state index in [-0.39, 0.29) is 11.7 Å². The second-order valence-electron chi connectivity index (χ2n) is 4.53. The van der Waals surface area contributed by atoms with Gasteiger partial charge >= 0.3 is 0 Å². The highest BCUT2D eigenvalue weighted by molar-refractivity contribution is 7.99. The molecule has 22 heavy (non-hydrogen) atoms. The zero-order valence-corrected chi connectivity index (χ0v) is 13.5. The molecular formula is C14H19N5O2S. The molecule has 0 spiro atoms. The highest BCUT2D eigenvalue weighted by Gasteiger charge is 2.14. The summed E-state index contributed by atoms with van der Waals surface area (Å²) in [6.45, 7) is 5.37. The molecule has 7 nitrogen and oxygen atoms in total. The molecule has 0 bridgehead atoms. The van der Waals surface area contributed by atoms with Gasteiger partial charge < -0.3 is 10.0 Å². The second kappa shape index (κ2) is 7.79. The van der Waals surface area contributed by atoms with Crippen LogP contribution in [0.15, 0.2) is 29.4 Å². The lowest BCUT2D eigenvalue weighted by molar-refractivity contribution is -0.130. The summed E-state index contributed by atoms with van der Waals surface area (Å²) in [5.41, 5.74) is 0.519. The van der Waals surface area contributed by atoms with Crippen molar-refractivity contribution in [1.82, 2.24) is 25.1 Å². The smallest absolute Gasteiger partial charge is 0.223 e. The molecule has 1 heterocycles. The first-order chi connectivity index (χ1) is 10.7. The monoisotopic (exact) mass is 321 g/mol. The molecule has 0 atom stereocenters. The van der Waals surface area contributed by atoms with E-state index >= 15 is 0 Å². The number of hydrogen-bond donors (Lipinski definition) is 1. The molecule has 8 heteroatoms. The van der Waals surface area contributed by atoms with Crippen LogP contribution in [0.2, 0.25) is 0 Å². The number of hydrogen-bond acceptors (Lipinski definition) is 6. The van der Waals surface area contributed by atoms with Crippen molar-refractivity contribution in [3.63, 3.8) is 0 Å². The van der Waals surface area contributed by atoms with E-state index in [0.29, 0.717) is 23.0 Å². The van der Waals surface area contributed by atoms with Crippen molar-refractivity contribution in [2.75, 3.05) is 18.8 Å². The highest BCUT2D eigenvalue weighted by atomic mass is 32.2. The van der Waals surface area contributed by atoms with Gasteiger partial charge in [0, 0.05) is 25.3 Å². The SMILES string of the molecule is CCN(CC)C(=O)CCSc1nnnn1-c1ccccc1O. The van der Waals surface area contributed by atoms with Gasteiger partial charge in [0.15, 0.2) is 0 Å². The minimum atomic E-state index is 0.107. The van der Waals surface area contributed by atoms with Crippen LogP contribution in [0.4, 0.5) is 0 Å². The minimum Gasteiger partial charge on any atom is -0.506 e. The van der Waals surface area contributed by atoms with Crippen LogP contribution in [0.25, 0.3) is 5.69 Å². The molecule has 1 aromatic heterocycles. The summed E-state index contributed by atoms with van der Waals surface area (Å²) in [4.78, 5) is 13.8. The number of carbonyl (C=O) groups is 1. The van der Waals surface area contributed by atoms with Gasteiger partial charge in [-0.3, -0.25) is 4.79 Å². The van der Waals surface area contributed by atoms with Crippen LogP contribution < -0.4 is 0 Å². The maximum Gasteiger partial charge on any atom is 0.223 e. The molecule has 118 valence electrons. The highest BCUT2D eigenvalue weighted by Crippen LogP contribution is 2.24. The lowest BCUT2D eigenvalue weighted by Gasteiger charge is -2.18. The Labute approximate surface area is 133 Å². The Bertz CT molecular complexity index is 627. The van der Waals surface area contributed by atoms with E-state index in [1.54, 1.807) is 29.2 Å². The summed E-state index contributed by atoms with van der Waals surface area (Å²) in [5.74, 6) is 0.818. The van der Waals surface area contributed by atoms with Crippen LogP contribution in [-0.4, -0.2) is 55.0 Å². The zero-order chi connectivity index (χ0) is 15.9. The Morgan fingerprint density at radius 2 is 2.05 bits per heavy atom. The maximum atomic E-state index is 12.0. The Morgan fingerprint density at radius 3 is 2.73 bits per heavy atom. The lowest BCUT2D eigenvalue weighted by atomic mass is 10.3. The Balaban J connectivity index is 2.00. The summed E-state index contributed by atoms with van der Waals surface area (Å²) >= 11 is 1.39. The standard InChI is InChI=1S/C14H19N5O2S/c1-3-18(4-2)13(21)9-10-22-14-15-16-17-19(14)11-7-5-6-8-12(11)20/h5-8,20H,3-4,9-10H2,1-2H3. The Hall–Kier alpha value is -2.09. The molecule has 0 aliphatic rings. The molecule has 0 radical (unpaired) electrons. The number of amides is 1. The Kier molecular flexibility index (Phi) is 5.76. The predicted molar refractivity (Wildman–Crippen MR) is 84.1 cm³/mol. The molecular weight excluding hydrogens is 302 g/mol. The van der Waals surface area contributed by atoms with Gasteiger partial charge in [0.25, 0.3) is 0 Å². The number of benzene rings is 1. The summed E-state index contributed by atoms with van der Waals surface area (Å²) in [5, 5.41) is 21.9. The van der Waals surface area contributed by atoms with Crippen molar-refractivity contribution >= 4 is 17.7 Å². The molecule has 0 aliphatic carbocycles. The number of aromatic nitrogens is 4. The van der Waals surface area contributed by atoms with Crippen LogP contribution in [-0.2, 0) is 4.79 Å². The van der Waals surface area contributed by atoms with E-state index in [1.165, 1.54) is 16.4 Å². The molecule has 1 amide bonds. The number of para-hydroxylation sites is 2. The first kappa shape index (κ1) is 16.3. The molecule has 1 N–H and O–H groups in total. The number of phenolic OH excluding ortho intramolecular Hbond substituents is 1. The number of carbonyl (C=O) groups excluding carboxylic acids is 1. The molecule has 1 aromatic carbocycles. The van der Waals surface area contributed by atoms with E-state index in [4.69, 9.17) is 0 Å². The summed E-state index contributed by atoms with van der Waals surface area (Å²) < 4.78 is 1.47. The van der Waals surface area contributed by atoms with Crippen LogP contribution in [0, 0.1) is 0 Å². The van der Waals surface area contributed by atoms with Crippen molar-refractivity contribution < 1.29 is 9.90 Å². The van der Waals surface area contributed by atoms with Gasteiger partial charge in [0.2, 0.25) is 11.1 Å². The number of thioether (sulfide) groups is 1. The normalized spacial score (nSPS) is 10.6. The fourth-order valence-corrected chi connectivity index (χ4v) is 2.84. The molecule has 0 aliphatic heterocycles. The summed E-state index contributed by atoms with van der Waals surface area (Å²) in [6, 6.07) is 6.85. The largest absolute Gasteiger partial charge is 0.506 e. The van der Waals surface area contributed by atoms with Gasteiger partial charge in [-0.05, 0) is 36.4 Å². The van der Waals surface area contributed by atoms with Crippen molar-refractivity contribution in [2.45, 2.75) is 25.4 Å². The number of phenols is 1. The third-order valence-electron chi connectivity index (χ3n) is 3.21. The topological polar surface area (TPSA) is 84.1 Å². The second-order valence-corrected chi connectivity index (χ2v) is 5.59. The average Bonchev–Trinajstić information content (AvgIpc) is 2.97. The maximum absolute atomic E-state index is 12.0. The predicted octanol–water partition coefficient (Wildman–Crippen LogP) is 1.72. The van der Waals surface area contributed by atoms with Crippen LogP contribution >= 0.6 is 11.8 Å². The quantitative estimate of drug-likeness (QED) is 0.782.